The van der Waals surface area contributed by atoms with Gasteiger partial charge < -0.3 is 9.64 Å². The van der Waals surface area contributed by atoms with Crippen molar-refractivity contribution in [3.8, 4) is 11.3 Å². The van der Waals surface area contributed by atoms with Crippen LogP contribution in [0.5, 0.6) is 0 Å². The molecule has 0 N–H and O–H groups in total. The minimum Gasteiger partial charge on any atom is -0.444 e. The molecule has 2 aromatic rings. The molecule has 0 saturated heterocycles. The largest absolute Gasteiger partial charge is 0.444 e. The summed E-state index contributed by atoms with van der Waals surface area (Å²) < 4.78 is 7.44. The Bertz CT molecular complexity index is 787. The highest BCUT2D eigenvalue weighted by Gasteiger charge is 2.24. The molecule has 1 aliphatic rings. The highest BCUT2D eigenvalue weighted by atomic mass is 16.6. The molecule has 1 amide bonds. The summed E-state index contributed by atoms with van der Waals surface area (Å²) in [6, 6.07) is 8.68. The normalized spacial score (nSPS) is 14.8. The fraction of sp³-hybridized carbons (Fsp3) is 0.500. The van der Waals surface area contributed by atoms with E-state index in [2.05, 4.69) is 29.4 Å². The van der Waals surface area contributed by atoms with Gasteiger partial charge in [-0.15, -0.1) is 0 Å². The van der Waals surface area contributed by atoms with Crippen molar-refractivity contribution in [3.63, 3.8) is 0 Å². The van der Waals surface area contributed by atoms with Gasteiger partial charge in [0.1, 0.15) is 5.60 Å². The smallest absolute Gasteiger partial charge is 0.410 e. The first-order valence-corrected chi connectivity index (χ1v) is 8.84. The van der Waals surface area contributed by atoms with Gasteiger partial charge >= 0.3 is 6.09 Å². The average molecular weight is 341 g/mol. The average Bonchev–Trinajstić information content (AvgIpc) is 2.73. The van der Waals surface area contributed by atoms with Crippen LogP contribution in [0.4, 0.5) is 4.79 Å². The molecule has 0 bridgehead atoms. The van der Waals surface area contributed by atoms with Crippen molar-refractivity contribution in [2.45, 2.75) is 46.1 Å². The topological polar surface area (TPSA) is 47.4 Å². The summed E-state index contributed by atoms with van der Waals surface area (Å²) >= 11 is 0. The third kappa shape index (κ3) is 4.03. The van der Waals surface area contributed by atoms with Crippen molar-refractivity contribution in [1.82, 2.24) is 14.7 Å². The van der Waals surface area contributed by atoms with Crippen molar-refractivity contribution in [1.29, 1.82) is 0 Å². The number of ether oxygens (including phenoxy) is 1. The van der Waals surface area contributed by atoms with Gasteiger partial charge in [-0.1, -0.05) is 12.1 Å². The molecule has 5 nitrogen and oxygen atoms in total. The number of aryl methyl sites for hydroxylation is 2. The van der Waals surface area contributed by atoms with Crippen LogP contribution in [-0.2, 0) is 24.6 Å². The molecule has 1 aromatic heterocycles. The molecule has 0 aliphatic carbocycles. The zero-order valence-corrected chi connectivity index (χ0v) is 15.8. The monoisotopic (exact) mass is 341 g/mol. The van der Waals surface area contributed by atoms with E-state index in [1.54, 1.807) is 0 Å². The number of amides is 1. The lowest BCUT2D eigenvalue weighted by molar-refractivity contribution is 0.0258. The van der Waals surface area contributed by atoms with E-state index in [9.17, 15) is 4.79 Å². The molecule has 1 aliphatic heterocycles. The SMILES string of the molecule is Cc1cc(-c2ccc3c(c2)CCN(C(=O)OC(C)(C)C)CC3)n(C)n1. The summed E-state index contributed by atoms with van der Waals surface area (Å²) in [6.45, 7) is 9.10. The Morgan fingerprint density at radius 1 is 1.12 bits per heavy atom. The zero-order valence-electron chi connectivity index (χ0n) is 15.8. The molecule has 0 spiro atoms. The number of nitrogens with zero attached hydrogens (tertiary/aromatic N) is 3. The molecule has 25 heavy (non-hydrogen) atoms. The molecule has 3 rings (SSSR count). The van der Waals surface area contributed by atoms with Crippen molar-refractivity contribution in [2.75, 3.05) is 13.1 Å². The van der Waals surface area contributed by atoms with E-state index in [0.717, 1.165) is 24.2 Å². The van der Waals surface area contributed by atoms with Crippen LogP contribution in [-0.4, -0.2) is 39.5 Å². The van der Waals surface area contributed by atoms with E-state index in [1.807, 2.05) is 44.3 Å². The number of hydrogen-bond donors (Lipinski definition) is 0. The maximum atomic E-state index is 12.3. The highest BCUT2D eigenvalue weighted by molar-refractivity contribution is 5.68. The van der Waals surface area contributed by atoms with E-state index < -0.39 is 5.60 Å². The van der Waals surface area contributed by atoms with Crippen LogP contribution in [0.25, 0.3) is 11.3 Å². The lowest BCUT2D eigenvalue weighted by Crippen LogP contribution is -2.38. The van der Waals surface area contributed by atoms with Crippen LogP contribution in [0.15, 0.2) is 24.3 Å². The Kier molecular flexibility index (Phi) is 4.58. The van der Waals surface area contributed by atoms with Crippen LogP contribution in [0.3, 0.4) is 0 Å². The minimum atomic E-state index is -0.458. The van der Waals surface area contributed by atoms with Gasteiger partial charge in [0, 0.05) is 25.7 Å². The number of carbonyl (C=O) groups is 1. The van der Waals surface area contributed by atoms with Crippen LogP contribution in [0.1, 0.15) is 37.6 Å². The Hall–Kier alpha value is -2.30. The number of benzene rings is 1. The summed E-state index contributed by atoms with van der Waals surface area (Å²) in [5.74, 6) is 0. The number of carbonyl (C=O) groups excluding carboxylic acids is 1. The molecule has 1 aromatic carbocycles. The van der Waals surface area contributed by atoms with Crippen LogP contribution in [0, 0.1) is 6.92 Å². The standard InChI is InChI=1S/C20H27N3O2/c1-14-12-18(22(5)21-14)17-7-6-15-8-10-23(11-9-16(15)13-17)19(24)25-20(2,3)4/h6-7,12-13H,8-11H2,1-5H3. The van der Waals surface area contributed by atoms with E-state index in [0.29, 0.717) is 13.1 Å². The van der Waals surface area contributed by atoms with Gasteiger partial charge in [0.15, 0.2) is 0 Å². The Morgan fingerprint density at radius 2 is 1.80 bits per heavy atom. The van der Waals surface area contributed by atoms with Gasteiger partial charge in [0.25, 0.3) is 0 Å². The molecular weight excluding hydrogens is 314 g/mol. The third-order valence-electron chi connectivity index (χ3n) is 4.46. The van der Waals surface area contributed by atoms with Crippen LogP contribution >= 0.6 is 0 Å². The van der Waals surface area contributed by atoms with Crippen LogP contribution in [0.2, 0.25) is 0 Å². The Morgan fingerprint density at radius 3 is 2.40 bits per heavy atom. The molecule has 0 radical (unpaired) electrons. The molecular formula is C20H27N3O2. The lowest BCUT2D eigenvalue weighted by Gasteiger charge is -2.26. The van der Waals surface area contributed by atoms with Crippen molar-refractivity contribution in [2.24, 2.45) is 7.05 Å². The summed E-state index contributed by atoms with van der Waals surface area (Å²) in [5, 5.41) is 4.43. The zero-order chi connectivity index (χ0) is 18.2. The number of hydrogen-bond acceptors (Lipinski definition) is 3. The fourth-order valence-electron chi connectivity index (χ4n) is 3.27. The second-order valence-electron chi connectivity index (χ2n) is 7.75. The Labute approximate surface area is 149 Å². The first kappa shape index (κ1) is 17.5. The fourth-order valence-corrected chi connectivity index (χ4v) is 3.27. The number of rotatable bonds is 1. The van der Waals surface area contributed by atoms with E-state index >= 15 is 0 Å². The minimum absolute atomic E-state index is 0.220. The summed E-state index contributed by atoms with van der Waals surface area (Å²) in [4.78, 5) is 14.2. The third-order valence-corrected chi connectivity index (χ3v) is 4.46. The number of aromatic nitrogens is 2. The molecule has 0 fully saturated rings. The Balaban J connectivity index is 1.78. The van der Waals surface area contributed by atoms with E-state index in [-0.39, 0.29) is 6.09 Å². The quantitative estimate of drug-likeness (QED) is 0.794. The van der Waals surface area contributed by atoms with Gasteiger partial charge in [-0.25, -0.2) is 4.79 Å². The van der Waals surface area contributed by atoms with Gasteiger partial charge in [0.2, 0.25) is 0 Å². The van der Waals surface area contributed by atoms with E-state index in [1.165, 1.54) is 16.7 Å². The molecule has 2 heterocycles. The van der Waals surface area contributed by atoms with Crippen LogP contribution < -0.4 is 0 Å². The van der Waals surface area contributed by atoms with Crippen molar-refractivity contribution in [3.05, 3.63) is 41.1 Å². The first-order chi connectivity index (χ1) is 11.7. The van der Waals surface area contributed by atoms with Crippen molar-refractivity contribution < 1.29 is 9.53 Å². The second kappa shape index (κ2) is 6.54. The maximum Gasteiger partial charge on any atom is 0.410 e. The highest BCUT2D eigenvalue weighted by Crippen LogP contribution is 2.25. The second-order valence-corrected chi connectivity index (χ2v) is 7.75. The summed E-state index contributed by atoms with van der Waals surface area (Å²) in [7, 11) is 1.97. The first-order valence-electron chi connectivity index (χ1n) is 8.84. The molecule has 134 valence electrons. The summed E-state index contributed by atoms with van der Waals surface area (Å²) in [6.07, 6.45) is 1.49. The maximum absolute atomic E-state index is 12.3. The molecule has 0 saturated carbocycles. The van der Waals surface area contributed by atoms with Crippen molar-refractivity contribution >= 4 is 6.09 Å². The van der Waals surface area contributed by atoms with Gasteiger partial charge in [0.05, 0.1) is 11.4 Å². The molecule has 0 atom stereocenters. The van der Waals surface area contributed by atoms with Gasteiger partial charge in [-0.05, 0) is 63.8 Å². The summed E-state index contributed by atoms with van der Waals surface area (Å²) in [5.41, 5.74) is 5.47. The lowest BCUT2D eigenvalue weighted by atomic mass is 9.99. The van der Waals surface area contributed by atoms with E-state index in [4.69, 9.17) is 4.74 Å². The predicted octanol–water partition coefficient (Wildman–Crippen LogP) is 3.73. The molecule has 5 heteroatoms. The van der Waals surface area contributed by atoms with Gasteiger partial charge in [-0.2, -0.15) is 5.10 Å². The number of fused-ring (bicyclic) bond motifs is 1. The molecule has 0 unspecified atom stereocenters. The van der Waals surface area contributed by atoms with Gasteiger partial charge in [-0.3, -0.25) is 4.68 Å². The predicted molar refractivity (Wildman–Crippen MR) is 98.6 cm³/mol.